The zero-order chi connectivity index (χ0) is 15.5. The predicted octanol–water partition coefficient (Wildman–Crippen LogP) is 1.43. The third-order valence-corrected chi connectivity index (χ3v) is 5.47. The van der Waals surface area contributed by atoms with Crippen molar-refractivity contribution in [3.8, 4) is 0 Å². The van der Waals surface area contributed by atoms with Gasteiger partial charge in [-0.05, 0) is 36.3 Å². The van der Waals surface area contributed by atoms with Crippen LogP contribution in [0.25, 0.3) is 0 Å². The van der Waals surface area contributed by atoms with Crippen molar-refractivity contribution in [1.29, 1.82) is 0 Å². The van der Waals surface area contributed by atoms with E-state index in [-0.39, 0.29) is 23.1 Å². The summed E-state index contributed by atoms with van der Waals surface area (Å²) < 4.78 is 0. The molecule has 3 rings (SSSR count). The summed E-state index contributed by atoms with van der Waals surface area (Å²) in [5.74, 6) is 1.08. The van der Waals surface area contributed by atoms with E-state index < -0.39 is 0 Å². The zero-order valence-corrected chi connectivity index (χ0v) is 13.3. The lowest BCUT2D eigenvalue weighted by Gasteiger charge is -2.19. The van der Waals surface area contributed by atoms with Crippen molar-refractivity contribution in [3.05, 3.63) is 29.8 Å². The van der Waals surface area contributed by atoms with E-state index in [1.165, 1.54) is 0 Å². The molecule has 2 amide bonds. The number of hydrogen-bond donors (Lipinski definition) is 2. The summed E-state index contributed by atoms with van der Waals surface area (Å²) in [4.78, 5) is 26.1. The van der Waals surface area contributed by atoms with E-state index >= 15 is 0 Å². The Balaban J connectivity index is 1.82. The fourth-order valence-electron chi connectivity index (χ4n) is 2.95. The number of benzene rings is 1. The highest BCUT2D eigenvalue weighted by Crippen LogP contribution is 2.34. The molecule has 0 spiro atoms. The van der Waals surface area contributed by atoms with E-state index in [9.17, 15) is 9.59 Å². The van der Waals surface area contributed by atoms with Crippen molar-refractivity contribution in [2.45, 2.75) is 30.6 Å². The van der Waals surface area contributed by atoms with E-state index in [4.69, 9.17) is 5.73 Å². The number of hydrogen-bond acceptors (Lipinski definition) is 4. The first kappa shape index (κ1) is 15.4. The molecular formula is C16H21N3O2S. The maximum absolute atomic E-state index is 12.4. The summed E-state index contributed by atoms with van der Waals surface area (Å²) >= 11 is 1.65. The van der Waals surface area contributed by atoms with Gasteiger partial charge in [0.2, 0.25) is 11.8 Å². The van der Waals surface area contributed by atoms with Crippen molar-refractivity contribution in [3.63, 3.8) is 0 Å². The molecule has 2 saturated heterocycles. The van der Waals surface area contributed by atoms with Gasteiger partial charge in [0.1, 0.15) is 5.25 Å². The molecule has 0 unspecified atom stereocenters. The van der Waals surface area contributed by atoms with E-state index in [0.717, 1.165) is 36.4 Å². The van der Waals surface area contributed by atoms with Crippen molar-refractivity contribution < 1.29 is 9.59 Å². The van der Waals surface area contributed by atoms with Crippen LogP contribution in [0.2, 0.25) is 0 Å². The summed E-state index contributed by atoms with van der Waals surface area (Å²) in [6.07, 6.45) is 2.41. The summed E-state index contributed by atoms with van der Waals surface area (Å²) in [5.41, 5.74) is 7.53. The average molecular weight is 319 g/mol. The van der Waals surface area contributed by atoms with Gasteiger partial charge < -0.3 is 16.0 Å². The maximum atomic E-state index is 12.4. The number of thioether (sulfide) groups is 1. The van der Waals surface area contributed by atoms with Crippen molar-refractivity contribution in [2.24, 2.45) is 5.73 Å². The Morgan fingerprint density at radius 2 is 2.23 bits per heavy atom. The van der Waals surface area contributed by atoms with Crippen LogP contribution in [-0.4, -0.2) is 36.7 Å². The Labute approximate surface area is 134 Å². The number of nitrogens with two attached hydrogens (primary N) is 1. The van der Waals surface area contributed by atoms with Crippen LogP contribution in [0.15, 0.2) is 24.3 Å². The van der Waals surface area contributed by atoms with Crippen LogP contribution in [0.3, 0.4) is 0 Å². The van der Waals surface area contributed by atoms with Crippen molar-refractivity contribution in [1.82, 2.24) is 5.32 Å². The van der Waals surface area contributed by atoms with E-state index in [1.54, 1.807) is 11.8 Å². The molecule has 0 aliphatic carbocycles. The first-order chi connectivity index (χ1) is 10.7. The van der Waals surface area contributed by atoms with Crippen molar-refractivity contribution in [2.75, 3.05) is 23.7 Å². The SMILES string of the molecule is NC[C@@H]1CCS[C@H](c2cccc(N3CCCC3=O)c2)C(=O)N1. The first-order valence-electron chi connectivity index (χ1n) is 7.71. The van der Waals surface area contributed by atoms with Gasteiger partial charge in [-0.25, -0.2) is 0 Å². The topological polar surface area (TPSA) is 75.4 Å². The van der Waals surface area contributed by atoms with Crippen LogP contribution in [0.5, 0.6) is 0 Å². The predicted molar refractivity (Wildman–Crippen MR) is 88.8 cm³/mol. The lowest BCUT2D eigenvalue weighted by molar-refractivity contribution is -0.121. The molecule has 0 bridgehead atoms. The molecule has 2 fully saturated rings. The molecule has 0 aromatic heterocycles. The number of rotatable bonds is 3. The van der Waals surface area contributed by atoms with Gasteiger partial charge in [0.15, 0.2) is 0 Å². The summed E-state index contributed by atoms with van der Waals surface area (Å²) in [6.45, 7) is 1.24. The highest BCUT2D eigenvalue weighted by Gasteiger charge is 2.28. The highest BCUT2D eigenvalue weighted by atomic mass is 32.2. The number of nitrogens with one attached hydrogen (secondary N) is 1. The second-order valence-electron chi connectivity index (χ2n) is 5.72. The van der Waals surface area contributed by atoms with Crippen LogP contribution in [-0.2, 0) is 9.59 Å². The minimum atomic E-state index is -0.228. The Kier molecular flexibility index (Phi) is 4.69. The van der Waals surface area contributed by atoms with Gasteiger partial charge in [0.25, 0.3) is 0 Å². The zero-order valence-electron chi connectivity index (χ0n) is 12.5. The fraction of sp³-hybridized carbons (Fsp3) is 0.500. The molecule has 0 radical (unpaired) electrons. The summed E-state index contributed by atoms with van der Waals surface area (Å²) in [6, 6.07) is 7.87. The van der Waals surface area contributed by atoms with Gasteiger partial charge in [-0.2, -0.15) is 0 Å². The van der Waals surface area contributed by atoms with E-state index in [1.807, 2.05) is 29.2 Å². The second-order valence-corrected chi connectivity index (χ2v) is 6.94. The largest absolute Gasteiger partial charge is 0.351 e. The monoisotopic (exact) mass is 319 g/mol. The van der Waals surface area contributed by atoms with Crippen LogP contribution < -0.4 is 16.0 Å². The van der Waals surface area contributed by atoms with Crippen LogP contribution in [0.4, 0.5) is 5.69 Å². The first-order valence-corrected chi connectivity index (χ1v) is 8.76. The van der Waals surface area contributed by atoms with Crippen LogP contribution >= 0.6 is 11.8 Å². The Morgan fingerprint density at radius 1 is 1.36 bits per heavy atom. The molecule has 1 aromatic carbocycles. The lowest BCUT2D eigenvalue weighted by Crippen LogP contribution is -2.40. The summed E-state index contributed by atoms with van der Waals surface area (Å²) in [5, 5.41) is 2.78. The molecule has 22 heavy (non-hydrogen) atoms. The molecule has 3 N–H and O–H groups in total. The molecule has 0 saturated carbocycles. The average Bonchev–Trinajstić information content (AvgIpc) is 2.86. The maximum Gasteiger partial charge on any atom is 0.237 e. The fourth-order valence-corrected chi connectivity index (χ4v) is 4.17. The molecule has 6 heteroatoms. The van der Waals surface area contributed by atoms with Crippen LogP contribution in [0.1, 0.15) is 30.1 Å². The summed E-state index contributed by atoms with van der Waals surface area (Å²) in [7, 11) is 0. The minimum Gasteiger partial charge on any atom is -0.351 e. The Hall–Kier alpha value is -1.53. The lowest BCUT2D eigenvalue weighted by atomic mass is 10.1. The Bertz CT molecular complexity index is 578. The smallest absolute Gasteiger partial charge is 0.237 e. The normalized spacial score (nSPS) is 26.0. The van der Waals surface area contributed by atoms with Gasteiger partial charge >= 0.3 is 0 Å². The van der Waals surface area contributed by atoms with Gasteiger partial charge in [0, 0.05) is 31.2 Å². The standard InChI is InChI=1S/C16H21N3O2S/c17-10-12-6-8-22-15(16(21)18-12)11-3-1-4-13(9-11)19-7-2-5-14(19)20/h1,3-4,9,12,15H,2,5-8,10,17H2,(H,18,21)/t12-,15+/m0/s1. The van der Waals surface area contributed by atoms with Crippen molar-refractivity contribution >= 4 is 29.3 Å². The van der Waals surface area contributed by atoms with Gasteiger partial charge in [-0.3, -0.25) is 9.59 Å². The number of amides is 2. The Morgan fingerprint density at radius 3 is 2.95 bits per heavy atom. The number of carbonyl (C=O) groups excluding carboxylic acids is 2. The molecule has 2 aliphatic heterocycles. The highest BCUT2D eigenvalue weighted by molar-refractivity contribution is 8.00. The number of nitrogens with zero attached hydrogens (tertiary/aromatic N) is 1. The van der Waals surface area contributed by atoms with Gasteiger partial charge in [-0.15, -0.1) is 11.8 Å². The second kappa shape index (κ2) is 6.71. The molecular weight excluding hydrogens is 298 g/mol. The third kappa shape index (κ3) is 3.13. The quantitative estimate of drug-likeness (QED) is 0.884. The third-order valence-electron chi connectivity index (χ3n) is 4.18. The molecule has 2 heterocycles. The van der Waals surface area contributed by atoms with Crippen LogP contribution in [0, 0.1) is 0 Å². The minimum absolute atomic E-state index is 0.0165. The van der Waals surface area contributed by atoms with Gasteiger partial charge in [0.05, 0.1) is 0 Å². The number of carbonyl (C=O) groups is 2. The molecule has 2 aliphatic rings. The number of anilines is 1. The van der Waals surface area contributed by atoms with E-state index in [2.05, 4.69) is 5.32 Å². The van der Waals surface area contributed by atoms with Gasteiger partial charge in [-0.1, -0.05) is 12.1 Å². The molecule has 5 nitrogen and oxygen atoms in total. The molecule has 1 aromatic rings. The van der Waals surface area contributed by atoms with E-state index in [0.29, 0.717) is 13.0 Å². The molecule has 118 valence electrons. The molecule has 2 atom stereocenters.